The van der Waals surface area contributed by atoms with Crippen molar-refractivity contribution in [1.29, 1.82) is 0 Å². The third-order valence-corrected chi connectivity index (χ3v) is 11.2. The minimum absolute atomic E-state index is 0.0498. The molecule has 4 saturated carbocycles. The standard InChI is InChI=1S/C25H20BrF2N3O4S/c1-24(23(33)34)13-9-7-10-14(24)15(13)25(9,10)19-12(22(32)35-2)18(8-3-4-11(27)17(28)16(8)26)30-20(31-19)21-29-5-6-36-21/h3-6,9-10,13-15,18H,7H2,1-2H3,(H,30,31)(H,33,34). The summed E-state index contributed by atoms with van der Waals surface area (Å²) in [7, 11) is 1.28. The van der Waals surface area contributed by atoms with Crippen LogP contribution in [0.25, 0.3) is 0 Å². The highest BCUT2D eigenvalue weighted by Gasteiger charge is 2.96. The molecule has 4 aliphatic carbocycles. The zero-order valence-electron chi connectivity index (χ0n) is 19.1. The van der Waals surface area contributed by atoms with E-state index in [9.17, 15) is 23.5 Å². The summed E-state index contributed by atoms with van der Waals surface area (Å²) in [6, 6.07) is 1.47. The van der Waals surface area contributed by atoms with Gasteiger partial charge < -0.3 is 15.2 Å². The van der Waals surface area contributed by atoms with Crippen molar-refractivity contribution < 1.29 is 28.2 Å². The lowest BCUT2D eigenvalue weighted by Crippen LogP contribution is -2.95. The van der Waals surface area contributed by atoms with E-state index in [1.54, 1.807) is 11.6 Å². The molecule has 7 nitrogen and oxygen atoms in total. The highest BCUT2D eigenvalue weighted by Crippen LogP contribution is 2.97. The fourth-order valence-electron chi connectivity index (χ4n) is 8.39. The number of aliphatic carboxylic acids is 1. The first-order valence-corrected chi connectivity index (χ1v) is 13.3. The largest absolute Gasteiger partial charge is 0.481 e. The number of esters is 1. The number of benzene rings is 1. The fourth-order valence-corrected chi connectivity index (χ4v) is 9.51. The lowest BCUT2D eigenvalue weighted by atomic mass is 9.07. The number of methoxy groups -OCH3 is 1. The second-order valence-electron chi connectivity index (χ2n) is 10.4. The van der Waals surface area contributed by atoms with Crippen LogP contribution in [-0.4, -0.2) is 35.0 Å². The first kappa shape index (κ1) is 22.5. The normalized spacial score (nSPS) is 38.9. The molecule has 0 saturated heterocycles. The summed E-state index contributed by atoms with van der Waals surface area (Å²) in [6.07, 6.45) is 2.56. The maximum absolute atomic E-state index is 14.6. The molecule has 0 radical (unpaired) electrons. The van der Waals surface area contributed by atoms with Crippen molar-refractivity contribution in [2.75, 3.05) is 7.11 Å². The second-order valence-corrected chi connectivity index (χ2v) is 12.1. The van der Waals surface area contributed by atoms with E-state index in [4.69, 9.17) is 9.73 Å². The molecule has 2 N–H and O–H groups in total. The Morgan fingerprint density at radius 2 is 1.97 bits per heavy atom. The lowest BCUT2D eigenvalue weighted by Gasteiger charge is -2.95. The van der Waals surface area contributed by atoms with Gasteiger partial charge in [-0.05, 0) is 70.5 Å². The minimum atomic E-state index is -1.06. The number of ether oxygens (including phenoxy) is 1. The van der Waals surface area contributed by atoms with Gasteiger partial charge >= 0.3 is 11.9 Å². The van der Waals surface area contributed by atoms with Crippen LogP contribution >= 0.6 is 27.3 Å². The van der Waals surface area contributed by atoms with Gasteiger partial charge in [-0.2, -0.15) is 0 Å². The van der Waals surface area contributed by atoms with Crippen molar-refractivity contribution in [1.82, 2.24) is 10.3 Å². The van der Waals surface area contributed by atoms with Gasteiger partial charge in [0.15, 0.2) is 22.5 Å². The van der Waals surface area contributed by atoms with Gasteiger partial charge in [-0.1, -0.05) is 6.07 Å². The summed E-state index contributed by atoms with van der Waals surface area (Å²) >= 11 is 4.54. The molecule has 1 aliphatic heterocycles. The van der Waals surface area contributed by atoms with Crippen molar-refractivity contribution in [2.45, 2.75) is 19.4 Å². The number of nitrogens with one attached hydrogen (secondary N) is 1. The molecule has 0 amide bonds. The summed E-state index contributed by atoms with van der Waals surface area (Å²) in [5, 5.41) is 15.8. The van der Waals surface area contributed by atoms with Crippen LogP contribution in [0.3, 0.4) is 0 Å². The number of carbonyl (C=O) groups is 2. The second kappa shape index (κ2) is 7.00. The molecule has 186 valence electrons. The van der Waals surface area contributed by atoms with Crippen LogP contribution < -0.4 is 5.32 Å². The van der Waals surface area contributed by atoms with Crippen LogP contribution in [0, 0.1) is 52.1 Å². The zero-order chi connectivity index (χ0) is 25.3. The van der Waals surface area contributed by atoms with Gasteiger partial charge in [-0.25, -0.2) is 18.6 Å². The molecule has 11 heteroatoms. The molecular formula is C25H20BrF2N3O4S. The number of allylic oxidation sites excluding steroid dienone is 1. The minimum Gasteiger partial charge on any atom is -0.481 e. The number of fused-ring (bicyclic) bond motifs is 2. The number of amidine groups is 1. The third kappa shape index (κ3) is 2.25. The Hall–Kier alpha value is -2.66. The molecule has 7 rings (SSSR count). The summed E-state index contributed by atoms with van der Waals surface area (Å²) in [5.74, 6) is -2.53. The molecule has 0 spiro atoms. The van der Waals surface area contributed by atoms with E-state index in [0.29, 0.717) is 22.1 Å². The van der Waals surface area contributed by atoms with E-state index in [2.05, 4.69) is 26.2 Å². The smallest absolute Gasteiger partial charge is 0.338 e. The predicted molar refractivity (Wildman–Crippen MR) is 128 cm³/mol. The average Bonchev–Trinajstić information content (AvgIpc) is 3.41. The van der Waals surface area contributed by atoms with Crippen molar-refractivity contribution in [2.24, 2.45) is 45.4 Å². The van der Waals surface area contributed by atoms with Gasteiger partial charge in [-0.3, -0.25) is 9.79 Å². The molecular weight excluding hydrogens is 556 g/mol. The molecule has 2 aromatic rings. The number of carboxylic acid groups (broad SMARTS) is 1. The number of hydrogen-bond donors (Lipinski definition) is 2. The molecule has 36 heavy (non-hydrogen) atoms. The highest BCUT2D eigenvalue weighted by molar-refractivity contribution is 9.10. The summed E-state index contributed by atoms with van der Waals surface area (Å²) < 4.78 is 33.7. The van der Waals surface area contributed by atoms with Crippen molar-refractivity contribution >= 4 is 45.0 Å². The van der Waals surface area contributed by atoms with Gasteiger partial charge in [-0.15, -0.1) is 11.3 Å². The molecule has 0 bridgehead atoms. The Labute approximate surface area is 216 Å². The van der Waals surface area contributed by atoms with Crippen LogP contribution in [0.1, 0.15) is 30.0 Å². The van der Waals surface area contributed by atoms with Crippen LogP contribution in [0.2, 0.25) is 0 Å². The van der Waals surface area contributed by atoms with E-state index in [-0.39, 0.29) is 45.1 Å². The lowest BCUT2D eigenvalue weighted by molar-refractivity contribution is -0.474. The number of thiazole rings is 1. The van der Waals surface area contributed by atoms with Crippen LogP contribution in [0.15, 0.2) is 44.4 Å². The number of carboxylic acids is 1. The van der Waals surface area contributed by atoms with Gasteiger partial charge in [0.25, 0.3) is 0 Å². The number of rotatable bonds is 5. The number of hydrogen-bond acceptors (Lipinski definition) is 7. The zero-order valence-corrected chi connectivity index (χ0v) is 21.5. The van der Waals surface area contributed by atoms with Gasteiger partial charge in [0, 0.05) is 22.7 Å². The van der Waals surface area contributed by atoms with E-state index in [0.717, 1.165) is 12.5 Å². The number of aliphatic imine (C=N–C) groups is 1. The van der Waals surface area contributed by atoms with E-state index >= 15 is 0 Å². The Kier molecular flexibility index (Phi) is 4.38. The Morgan fingerprint density at radius 1 is 1.25 bits per heavy atom. The number of halogens is 3. The third-order valence-electron chi connectivity index (χ3n) is 9.65. The topological polar surface area (TPSA) is 101 Å². The predicted octanol–water partition coefficient (Wildman–Crippen LogP) is 4.30. The van der Waals surface area contributed by atoms with Gasteiger partial charge in [0.2, 0.25) is 0 Å². The molecule has 5 unspecified atom stereocenters. The molecule has 5 atom stereocenters. The maximum atomic E-state index is 14.6. The summed E-state index contributed by atoms with van der Waals surface area (Å²) in [5.41, 5.74) is 0.107. The van der Waals surface area contributed by atoms with E-state index < -0.39 is 35.0 Å². The molecule has 1 aromatic carbocycles. The number of aromatic nitrogens is 1. The number of carbonyl (C=O) groups excluding carboxylic acids is 1. The van der Waals surface area contributed by atoms with Crippen LogP contribution in [-0.2, 0) is 14.3 Å². The fraction of sp³-hybridized carbons (Fsp3) is 0.440. The summed E-state index contributed by atoms with van der Waals surface area (Å²) in [6.45, 7) is 1.84. The molecule has 5 aliphatic rings. The van der Waals surface area contributed by atoms with Gasteiger partial charge in [0.1, 0.15) is 6.04 Å². The Bertz CT molecular complexity index is 1410. The maximum Gasteiger partial charge on any atom is 0.338 e. The van der Waals surface area contributed by atoms with Crippen molar-refractivity contribution in [3.05, 3.63) is 61.7 Å². The van der Waals surface area contributed by atoms with Gasteiger partial charge in [0.05, 0.1) is 22.6 Å². The highest BCUT2D eigenvalue weighted by atomic mass is 79.9. The Morgan fingerprint density at radius 3 is 2.56 bits per heavy atom. The summed E-state index contributed by atoms with van der Waals surface area (Å²) in [4.78, 5) is 34.6. The van der Waals surface area contributed by atoms with E-state index in [1.807, 2.05) is 6.92 Å². The SMILES string of the molecule is COC(=O)C1=C(C23C4CC2C2C3C4C2(C)C(=O)O)NC(c2nccs2)=NC1c1ccc(F)c(F)c1Br. The van der Waals surface area contributed by atoms with Crippen molar-refractivity contribution in [3.8, 4) is 0 Å². The molecule has 2 heterocycles. The quantitative estimate of drug-likeness (QED) is 0.407. The first-order chi connectivity index (χ1) is 17.2. The monoisotopic (exact) mass is 575 g/mol. The Balaban J connectivity index is 1.41. The number of nitrogens with zero attached hydrogens (tertiary/aromatic N) is 2. The molecule has 4 fully saturated rings. The van der Waals surface area contributed by atoms with Crippen molar-refractivity contribution in [3.63, 3.8) is 0 Å². The average molecular weight is 576 g/mol. The van der Waals surface area contributed by atoms with E-state index in [1.165, 1.54) is 24.5 Å². The van der Waals surface area contributed by atoms with Crippen LogP contribution in [0.5, 0.6) is 0 Å². The van der Waals surface area contributed by atoms with Crippen LogP contribution in [0.4, 0.5) is 8.78 Å². The first-order valence-electron chi connectivity index (χ1n) is 11.6. The molecule has 1 aromatic heterocycles.